The van der Waals surface area contributed by atoms with Gasteiger partial charge < -0.3 is 9.47 Å². The van der Waals surface area contributed by atoms with E-state index in [0.717, 1.165) is 24.9 Å². The summed E-state index contributed by atoms with van der Waals surface area (Å²) in [6.07, 6.45) is -0.668. The van der Waals surface area contributed by atoms with Crippen LogP contribution in [0.25, 0.3) is 10.2 Å². The van der Waals surface area contributed by atoms with Gasteiger partial charge >= 0.3 is 0 Å². The van der Waals surface area contributed by atoms with Gasteiger partial charge in [0.15, 0.2) is 11.2 Å². The number of rotatable bonds is 6. The van der Waals surface area contributed by atoms with Gasteiger partial charge in [-0.3, -0.25) is 10.1 Å². The van der Waals surface area contributed by atoms with Gasteiger partial charge in [0.2, 0.25) is 0 Å². The molecule has 0 saturated heterocycles. The lowest BCUT2D eigenvalue weighted by Gasteiger charge is -2.15. The van der Waals surface area contributed by atoms with Crippen LogP contribution in [0.2, 0.25) is 0 Å². The van der Waals surface area contributed by atoms with Crippen molar-refractivity contribution in [3.63, 3.8) is 0 Å². The lowest BCUT2D eigenvalue weighted by Crippen LogP contribution is -2.30. The van der Waals surface area contributed by atoms with Crippen molar-refractivity contribution in [1.82, 2.24) is 4.98 Å². The second-order valence-corrected chi connectivity index (χ2v) is 8.21. The fourth-order valence-corrected chi connectivity index (χ4v) is 4.27. The Morgan fingerprint density at radius 1 is 1.27 bits per heavy atom. The molecule has 8 heteroatoms. The van der Waals surface area contributed by atoms with Crippen molar-refractivity contribution in [3.8, 4) is 11.5 Å². The lowest BCUT2D eigenvalue weighted by atomic mass is 10.3. The van der Waals surface area contributed by atoms with Crippen LogP contribution in [-0.2, 0) is 4.79 Å². The molecule has 1 atom stereocenters. The van der Waals surface area contributed by atoms with Gasteiger partial charge in [0.05, 0.1) is 21.3 Å². The fourth-order valence-electron chi connectivity index (χ4n) is 2.24. The number of anilines is 1. The minimum Gasteiger partial charge on any atom is -0.494 e. The number of benzene rings is 2. The molecule has 2 aromatic carbocycles. The summed E-state index contributed by atoms with van der Waals surface area (Å²) >= 11 is 8.21. The number of amides is 1. The van der Waals surface area contributed by atoms with Gasteiger partial charge in [0.1, 0.15) is 11.5 Å². The smallest absolute Gasteiger partial charge is 0.266 e. The van der Waals surface area contributed by atoms with Crippen molar-refractivity contribution < 1.29 is 14.3 Å². The molecule has 0 radical (unpaired) electrons. The summed E-state index contributed by atoms with van der Waals surface area (Å²) in [4.78, 5) is 16.9. The van der Waals surface area contributed by atoms with Crippen LogP contribution in [0, 0.1) is 0 Å². The molecule has 1 N–H and O–H groups in total. The number of aromatic nitrogens is 1. The molecule has 5 nitrogen and oxygen atoms in total. The van der Waals surface area contributed by atoms with Gasteiger partial charge in [0.25, 0.3) is 5.91 Å². The molecule has 26 heavy (non-hydrogen) atoms. The maximum absolute atomic E-state index is 12.4. The quantitative estimate of drug-likeness (QED) is 0.477. The first-order valence-corrected chi connectivity index (χ1v) is 10.3. The van der Waals surface area contributed by atoms with E-state index in [2.05, 4.69) is 42.2 Å². The van der Waals surface area contributed by atoms with Crippen LogP contribution < -0.4 is 14.8 Å². The van der Waals surface area contributed by atoms with E-state index in [0.29, 0.717) is 17.5 Å². The van der Waals surface area contributed by atoms with Crippen LogP contribution >= 0.6 is 43.2 Å². The van der Waals surface area contributed by atoms with Crippen LogP contribution in [0.3, 0.4) is 0 Å². The summed E-state index contributed by atoms with van der Waals surface area (Å²) in [6, 6.07) is 11.2. The Labute approximate surface area is 172 Å². The monoisotopic (exact) mass is 498 g/mol. The zero-order chi connectivity index (χ0) is 18.7. The number of nitrogens with zero attached hydrogens (tertiary/aromatic N) is 1. The summed E-state index contributed by atoms with van der Waals surface area (Å²) in [6.45, 7) is 4.24. The second-order valence-electron chi connectivity index (χ2n) is 5.41. The summed E-state index contributed by atoms with van der Waals surface area (Å²) in [5.41, 5.74) is 0.818. The van der Waals surface area contributed by atoms with Gasteiger partial charge in [-0.05, 0) is 66.2 Å². The Morgan fingerprint density at radius 2 is 2.08 bits per heavy atom. The zero-order valence-electron chi connectivity index (χ0n) is 14.1. The van der Waals surface area contributed by atoms with Gasteiger partial charge in [-0.25, -0.2) is 4.98 Å². The molecule has 0 unspecified atom stereocenters. The van der Waals surface area contributed by atoms with Gasteiger partial charge in [-0.1, -0.05) is 27.3 Å². The highest BCUT2D eigenvalue weighted by Gasteiger charge is 2.18. The molecule has 136 valence electrons. The molecule has 0 aliphatic heterocycles. The van der Waals surface area contributed by atoms with Crippen molar-refractivity contribution in [1.29, 1.82) is 0 Å². The van der Waals surface area contributed by atoms with E-state index in [1.54, 1.807) is 13.0 Å². The van der Waals surface area contributed by atoms with Crippen LogP contribution in [0.1, 0.15) is 13.8 Å². The Morgan fingerprint density at radius 3 is 2.81 bits per heavy atom. The van der Waals surface area contributed by atoms with E-state index in [9.17, 15) is 4.79 Å². The predicted octanol–water partition coefficient (Wildman–Crippen LogP) is 5.63. The minimum absolute atomic E-state index is 0.260. The van der Waals surface area contributed by atoms with Crippen LogP contribution in [0.4, 0.5) is 5.13 Å². The van der Waals surface area contributed by atoms with Crippen molar-refractivity contribution in [3.05, 3.63) is 45.3 Å². The third-order valence-electron chi connectivity index (χ3n) is 3.47. The number of carbonyl (C=O) groups is 1. The molecule has 0 spiro atoms. The highest BCUT2D eigenvalue weighted by molar-refractivity contribution is 9.11. The molecule has 0 aliphatic carbocycles. The van der Waals surface area contributed by atoms with E-state index in [4.69, 9.17) is 9.47 Å². The van der Waals surface area contributed by atoms with E-state index in [1.807, 2.05) is 37.3 Å². The summed E-state index contributed by atoms with van der Waals surface area (Å²) in [5.74, 6) is 1.13. The third-order valence-corrected chi connectivity index (χ3v) is 5.51. The summed E-state index contributed by atoms with van der Waals surface area (Å²) < 4.78 is 13.9. The first-order chi connectivity index (χ1) is 12.5. The Hall–Kier alpha value is -1.64. The van der Waals surface area contributed by atoms with E-state index < -0.39 is 6.10 Å². The first-order valence-electron chi connectivity index (χ1n) is 7.92. The van der Waals surface area contributed by atoms with Crippen molar-refractivity contribution in [2.75, 3.05) is 11.9 Å². The number of hydrogen-bond donors (Lipinski definition) is 1. The van der Waals surface area contributed by atoms with Crippen LogP contribution in [0.15, 0.2) is 45.3 Å². The molecule has 3 aromatic rings. The predicted molar refractivity (Wildman–Crippen MR) is 111 cm³/mol. The molecule has 1 amide bonds. The number of hydrogen-bond acceptors (Lipinski definition) is 5. The van der Waals surface area contributed by atoms with Gasteiger partial charge in [0, 0.05) is 4.47 Å². The molecule has 3 rings (SSSR count). The average molecular weight is 500 g/mol. The lowest BCUT2D eigenvalue weighted by molar-refractivity contribution is -0.122. The Kier molecular flexibility index (Phi) is 6.16. The first kappa shape index (κ1) is 19.1. The fraction of sp³-hybridized carbons (Fsp3) is 0.222. The van der Waals surface area contributed by atoms with Crippen molar-refractivity contribution >= 4 is 64.5 Å². The summed E-state index contributed by atoms with van der Waals surface area (Å²) in [5, 5.41) is 3.34. The highest BCUT2D eigenvalue weighted by Crippen LogP contribution is 2.31. The number of fused-ring (bicyclic) bond motifs is 1. The molecule has 0 saturated carbocycles. The average Bonchev–Trinajstić information content (AvgIpc) is 2.99. The number of carbonyl (C=O) groups excluding carboxylic acids is 1. The Bertz CT molecular complexity index is 945. The van der Waals surface area contributed by atoms with Gasteiger partial charge in [-0.15, -0.1) is 0 Å². The van der Waals surface area contributed by atoms with Crippen LogP contribution in [0.5, 0.6) is 11.5 Å². The molecule has 1 heterocycles. The second kappa shape index (κ2) is 8.37. The third kappa shape index (κ3) is 4.55. The maximum atomic E-state index is 12.4. The largest absolute Gasteiger partial charge is 0.494 e. The topological polar surface area (TPSA) is 60.5 Å². The normalized spacial score (nSPS) is 12.0. The molecular formula is C18H16Br2N2O3S. The van der Waals surface area contributed by atoms with Crippen molar-refractivity contribution in [2.45, 2.75) is 20.0 Å². The molecule has 1 aromatic heterocycles. The molecule has 0 bridgehead atoms. The Balaban J connectivity index is 1.69. The van der Waals surface area contributed by atoms with E-state index in [-0.39, 0.29) is 5.91 Å². The minimum atomic E-state index is -0.668. The van der Waals surface area contributed by atoms with Crippen LogP contribution in [-0.4, -0.2) is 23.6 Å². The SMILES string of the molecule is CCOc1ccc2nc(NC(=O)[C@H](C)Oc3ccc(Br)cc3Br)sc2c1. The zero-order valence-corrected chi connectivity index (χ0v) is 18.1. The maximum Gasteiger partial charge on any atom is 0.266 e. The number of nitrogens with one attached hydrogen (secondary N) is 1. The summed E-state index contributed by atoms with van der Waals surface area (Å²) in [7, 11) is 0. The number of thiazole rings is 1. The van der Waals surface area contributed by atoms with E-state index in [1.165, 1.54) is 11.3 Å². The number of ether oxygens (including phenoxy) is 2. The molecule has 0 aliphatic rings. The number of halogens is 2. The van der Waals surface area contributed by atoms with E-state index >= 15 is 0 Å². The van der Waals surface area contributed by atoms with Gasteiger partial charge in [-0.2, -0.15) is 0 Å². The standard InChI is InChI=1S/C18H16Br2N2O3S/c1-3-24-12-5-6-14-16(9-12)26-18(21-14)22-17(23)10(2)25-15-7-4-11(19)8-13(15)20/h4-10H,3H2,1-2H3,(H,21,22,23)/t10-/m0/s1. The molecule has 0 fully saturated rings. The molecular weight excluding hydrogens is 484 g/mol. The highest BCUT2D eigenvalue weighted by atomic mass is 79.9. The van der Waals surface area contributed by atoms with Crippen molar-refractivity contribution in [2.24, 2.45) is 0 Å².